The van der Waals surface area contributed by atoms with Crippen LogP contribution in [0.3, 0.4) is 0 Å². The number of hydrogen-bond acceptors (Lipinski definition) is 7. The number of likely N-dealkylation sites (N-methyl/N-ethyl adjacent to an activating group) is 1. The number of anilines is 2. The fraction of sp³-hybridized carbons (Fsp3) is 0.357. The van der Waals surface area contributed by atoms with E-state index in [1.807, 2.05) is 24.3 Å². The monoisotopic (exact) mass is 540 g/mol. The molecule has 6 nitrogen and oxygen atoms in total. The number of hydrogen-bond donors (Lipinski definition) is 2. The number of ether oxygens (including phenoxy) is 1. The molecule has 1 atom stereocenters. The fourth-order valence-electron chi connectivity index (χ4n) is 4.83. The van der Waals surface area contributed by atoms with Crippen molar-refractivity contribution in [1.82, 2.24) is 14.9 Å². The van der Waals surface area contributed by atoms with Crippen molar-refractivity contribution in [2.75, 3.05) is 32.1 Å². The molecule has 4 aromatic rings. The van der Waals surface area contributed by atoms with Crippen molar-refractivity contribution in [2.24, 2.45) is 5.92 Å². The van der Waals surface area contributed by atoms with Crippen LogP contribution in [0.1, 0.15) is 28.8 Å². The molecule has 37 heavy (non-hydrogen) atoms. The van der Waals surface area contributed by atoms with E-state index in [4.69, 9.17) is 21.4 Å². The van der Waals surface area contributed by atoms with Crippen molar-refractivity contribution < 1.29 is 14.2 Å². The molecule has 0 fully saturated rings. The summed E-state index contributed by atoms with van der Waals surface area (Å²) in [5, 5.41) is 14.1. The molecule has 1 aliphatic carbocycles. The van der Waals surface area contributed by atoms with E-state index in [0.29, 0.717) is 16.7 Å². The Labute approximate surface area is 225 Å². The molecule has 0 radical (unpaired) electrons. The second-order valence-electron chi connectivity index (χ2n) is 9.52. The number of aryl methyl sites for hydroxylation is 1. The van der Waals surface area contributed by atoms with Gasteiger partial charge in [-0.25, -0.2) is 14.4 Å². The van der Waals surface area contributed by atoms with E-state index in [-0.39, 0.29) is 19.0 Å². The zero-order chi connectivity index (χ0) is 25.8. The number of thiophene rings is 1. The highest BCUT2D eigenvalue weighted by molar-refractivity contribution is 7.19. The molecular formula is C28H30ClFN4O2S. The fourth-order valence-corrected chi connectivity index (χ4v) is 6.36. The van der Waals surface area contributed by atoms with E-state index >= 15 is 0 Å². The molecule has 2 N–H and O–H groups in total. The predicted molar refractivity (Wildman–Crippen MR) is 148 cm³/mol. The van der Waals surface area contributed by atoms with Crippen LogP contribution in [0.5, 0.6) is 5.75 Å². The van der Waals surface area contributed by atoms with Crippen molar-refractivity contribution in [3.05, 3.63) is 75.6 Å². The zero-order valence-electron chi connectivity index (χ0n) is 20.7. The van der Waals surface area contributed by atoms with Gasteiger partial charge in [0.2, 0.25) is 0 Å². The van der Waals surface area contributed by atoms with Gasteiger partial charge in [0.1, 0.15) is 35.1 Å². The van der Waals surface area contributed by atoms with E-state index in [1.54, 1.807) is 23.7 Å². The van der Waals surface area contributed by atoms with Gasteiger partial charge < -0.3 is 20.1 Å². The Morgan fingerprint density at radius 1 is 1.22 bits per heavy atom. The van der Waals surface area contributed by atoms with Gasteiger partial charge in [-0.15, -0.1) is 11.3 Å². The number of nitrogens with one attached hydrogen (secondary N) is 1. The van der Waals surface area contributed by atoms with Crippen molar-refractivity contribution in [1.29, 1.82) is 0 Å². The van der Waals surface area contributed by atoms with E-state index in [9.17, 15) is 4.39 Å². The van der Waals surface area contributed by atoms with Crippen molar-refractivity contribution in [3.63, 3.8) is 0 Å². The topological polar surface area (TPSA) is 70.5 Å². The first-order valence-corrected chi connectivity index (χ1v) is 13.7. The summed E-state index contributed by atoms with van der Waals surface area (Å²) in [6.07, 6.45) is 5.95. The molecule has 0 saturated heterocycles. The summed E-state index contributed by atoms with van der Waals surface area (Å²) in [7, 11) is 2.06. The lowest BCUT2D eigenvalue weighted by atomic mass is 9.85. The Morgan fingerprint density at radius 3 is 2.92 bits per heavy atom. The van der Waals surface area contributed by atoms with Gasteiger partial charge in [-0.05, 0) is 86.7 Å². The highest BCUT2D eigenvalue weighted by atomic mass is 35.5. The van der Waals surface area contributed by atoms with Crippen LogP contribution in [0.2, 0.25) is 5.02 Å². The molecule has 2 aromatic heterocycles. The molecule has 0 bridgehead atoms. The van der Waals surface area contributed by atoms with Crippen LogP contribution < -0.4 is 10.1 Å². The number of aliphatic hydroxyl groups excluding tert-OH is 1. The van der Waals surface area contributed by atoms with Crippen LogP contribution in [0.25, 0.3) is 10.2 Å². The minimum Gasteiger partial charge on any atom is -0.487 e. The summed E-state index contributed by atoms with van der Waals surface area (Å²) in [5.74, 6) is 1.67. The molecule has 5 rings (SSSR count). The van der Waals surface area contributed by atoms with Gasteiger partial charge in [0, 0.05) is 17.1 Å². The number of halogens is 2. The minimum absolute atomic E-state index is 0.200. The number of fused-ring (bicyclic) bond motifs is 3. The lowest BCUT2D eigenvalue weighted by Gasteiger charge is -2.24. The van der Waals surface area contributed by atoms with Gasteiger partial charge in [0.15, 0.2) is 0 Å². The normalized spacial score (nSPS) is 15.2. The smallest absolute Gasteiger partial charge is 0.142 e. The van der Waals surface area contributed by atoms with Gasteiger partial charge in [0.05, 0.1) is 17.0 Å². The molecule has 0 spiro atoms. The van der Waals surface area contributed by atoms with Gasteiger partial charge in [-0.2, -0.15) is 0 Å². The molecule has 0 saturated carbocycles. The number of nitrogens with zero attached hydrogens (tertiary/aromatic N) is 3. The number of benzene rings is 2. The van der Waals surface area contributed by atoms with Gasteiger partial charge in [0.25, 0.3) is 0 Å². The Hall–Kier alpha value is -2.78. The van der Waals surface area contributed by atoms with E-state index in [0.717, 1.165) is 66.1 Å². The van der Waals surface area contributed by atoms with Crippen LogP contribution in [0.15, 0.2) is 48.8 Å². The molecule has 0 aliphatic heterocycles. The first kappa shape index (κ1) is 25.9. The first-order chi connectivity index (χ1) is 18.0. The van der Waals surface area contributed by atoms with E-state index in [2.05, 4.69) is 27.2 Å². The lowest BCUT2D eigenvalue weighted by Crippen LogP contribution is -2.26. The summed E-state index contributed by atoms with van der Waals surface area (Å²) in [5.41, 5.74) is 2.90. The summed E-state index contributed by atoms with van der Waals surface area (Å²) < 4.78 is 19.2. The molecule has 0 amide bonds. The molecule has 1 unspecified atom stereocenters. The SMILES string of the molecule is CN(CCO)CCC1CCc2c(sc3ncnc(Nc4ccc(OCc5cccc(F)c5)c(Cl)c4)c23)C1. The molecular weight excluding hydrogens is 511 g/mol. The van der Waals surface area contributed by atoms with Crippen LogP contribution >= 0.6 is 22.9 Å². The van der Waals surface area contributed by atoms with E-state index in [1.165, 1.54) is 22.6 Å². The summed E-state index contributed by atoms with van der Waals surface area (Å²) in [4.78, 5) is 13.7. The molecule has 194 valence electrons. The van der Waals surface area contributed by atoms with Gasteiger partial charge >= 0.3 is 0 Å². The van der Waals surface area contributed by atoms with Crippen molar-refractivity contribution in [3.8, 4) is 5.75 Å². The molecule has 9 heteroatoms. The largest absolute Gasteiger partial charge is 0.487 e. The third-order valence-electron chi connectivity index (χ3n) is 6.83. The first-order valence-electron chi connectivity index (χ1n) is 12.5. The maximum atomic E-state index is 13.4. The standard InChI is InChI=1S/C28H30ClFN4O2S/c1-34(11-12-35)10-9-18-5-7-22-25(14-18)37-28-26(22)27(31-17-32-28)33-21-6-8-24(23(29)15-21)36-16-19-3-2-4-20(30)13-19/h2-4,6,8,13,15,17-18,35H,5,7,9-12,14,16H2,1H3,(H,31,32,33). The highest BCUT2D eigenvalue weighted by Gasteiger charge is 2.25. The molecule has 2 heterocycles. The maximum Gasteiger partial charge on any atom is 0.142 e. The Morgan fingerprint density at radius 2 is 2.11 bits per heavy atom. The quantitative estimate of drug-likeness (QED) is 0.249. The maximum absolute atomic E-state index is 13.4. The van der Waals surface area contributed by atoms with Crippen LogP contribution in [-0.4, -0.2) is 46.7 Å². The third-order valence-corrected chi connectivity index (χ3v) is 8.28. The van der Waals surface area contributed by atoms with Crippen molar-refractivity contribution in [2.45, 2.75) is 32.3 Å². The van der Waals surface area contributed by atoms with Crippen LogP contribution in [-0.2, 0) is 19.4 Å². The average Bonchev–Trinajstić information content (AvgIpc) is 3.26. The molecule has 1 aliphatic rings. The number of rotatable bonds is 10. The number of aromatic nitrogens is 2. The Balaban J connectivity index is 1.28. The Kier molecular flexibility index (Phi) is 8.20. The van der Waals surface area contributed by atoms with Gasteiger partial charge in [-0.1, -0.05) is 23.7 Å². The minimum atomic E-state index is -0.292. The highest BCUT2D eigenvalue weighted by Crippen LogP contribution is 2.41. The van der Waals surface area contributed by atoms with Crippen molar-refractivity contribution >= 4 is 44.7 Å². The third kappa shape index (κ3) is 6.21. The summed E-state index contributed by atoms with van der Waals surface area (Å²) >= 11 is 8.27. The zero-order valence-corrected chi connectivity index (χ0v) is 22.3. The average molecular weight is 541 g/mol. The predicted octanol–water partition coefficient (Wildman–Crippen LogP) is 6.23. The molecule has 2 aromatic carbocycles. The lowest BCUT2D eigenvalue weighted by molar-refractivity contribution is 0.210. The summed E-state index contributed by atoms with van der Waals surface area (Å²) in [6, 6.07) is 11.9. The van der Waals surface area contributed by atoms with Gasteiger partial charge in [-0.3, -0.25) is 0 Å². The second kappa shape index (κ2) is 11.7. The number of aliphatic hydroxyl groups is 1. The van der Waals surface area contributed by atoms with Crippen LogP contribution in [0.4, 0.5) is 15.9 Å². The van der Waals surface area contributed by atoms with E-state index < -0.39 is 0 Å². The second-order valence-corrected chi connectivity index (χ2v) is 11.0. The summed E-state index contributed by atoms with van der Waals surface area (Å²) in [6.45, 7) is 2.15. The van der Waals surface area contributed by atoms with Crippen LogP contribution in [0, 0.1) is 11.7 Å². The Bertz CT molecular complexity index is 1380.